The molecule has 0 spiro atoms. The van der Waals surface area contributed by atoms with Gasteiger partial charge in [0.05, 0.1) is 18.5 Å². The van der Waals surface area contributed by atoms with E-state index < -0.39 is 11.7 Å². The van der Waals surface area contributed by atoms with Crippen molar-refractivity contribution in [1.29, 1.82) is 0 Å². The number of methoxy groups -OCH3 is 1. The van der Waals surface area contributed by atoms with Crippen LogP contribution in [0.3, 0.4) is 0 Å². The van der Waals surface area contributed by atoms with Crippen LogP contribution in [-0.4, -0.2) is 36.2 Å². The number of rotatable bonds is 8. The summed E-state index contributed by atoms with van der Waals surface area (Å²) in [6.45, 7) is 13.5. The minimum absolute atomic E-state index is 0.0878. The van der Waals surface area contributed by atoms with Gasteiger partial charge in [-0.2, -0.15) is 0 Å². The molecular weight excluding hydrogens is 522 g/mol. The van der Waals surface area contributed by atoms with Crippen LogP contribution in [0.1, 0.15) is 58.7 Å². The fourth-order valence-corrected chi connectivity index (χ4v) is 3.77. The summed E-state index contributed by atoms with van der Waals surface area (Å²) in [4.78, 5) is 29.3. The van der Waals surface area contributed by atoms with Crippen LogP contribution >= 0.6 is 15.9 Å². The summed E-state index contributed by atoms with van der Waals surface area (Å²) in [6.07, 6.45) is 3.25. The van der Waals surface area contributed by atoms with Crippen molar-refractivity contribution in [3.8, 4) is 17.0 Å². The molecule has 0 aliphatic rings. The molecule has 0 aliphatic carbocycles. The van der Waals surface area contributed by atoms with Gasteiger partial charge in [0.2, 0.25) is 5.88 Å². The second-order valence-corrected chi connectivity index (χ2v) is 10.4. The SMILES string of the molecule is C/C=C\C(Br)=C(/C)C(=O)Nc1cc(-c2ccc(C(C)CNC(=O)OC(C)(C)C)cc2)c(OC)nc1C. The second-order valence-electron chi connectivity index (χ2n) is 9.51. The number of nitrogens with one attached hydrogen (secondary N) is 2. The number of aryl methyl sites for hydroxylation is 1. The van der Waals surface area contributed by atoms with Crippen molar-refractivity contribution in [2.45, 2.75) is 60.0 Å². The zero-order valence-electron chi connectivity index (χ0n) is 22.3. The normalized spacial score (nSPS) is 13.1. The number of ether oxygens (including phenoxy) is 2. The smallest absolute Gasteiger partial charge is 0.407 e. The molecule has 7 nitrogen and oxygen atoms in total. The van der Waals surface area contributed by atoms with Crippen molar-refractivity contribution in [1.82, 2.24) is 10.3 Å². The number of aromatic nitrogens is 1. The first-order chi connectivity index (χ1) is 16.9. The van der Waals surface area contributed by atoms with Gasteiger partial charge in [-0.15, -0.1) is 0 Å². The molecule has 194 valence electrons. The van der Waals surface area contributed by atoms with E-state index in [2.05, 4.69) is 31.5 Å². The number of halogens is 1. The Hall–Kier alpha value is -3.13. The van der Waals surface area contributed by atoms with Crippen LogP contribution in [0.2, 0.25) is 0 Å². The summed E-state index contributed by atoms with van der Waals surface area (Å²) in [6, 6.07) is 9.85. The van der Waals surface area contributed by atoms with E-state index >= 15 is 0 Å². The number of pyridine rings is 1. The Morgan fingerprint density at radius 1 is 1.19 bits per heavy atom. The summed E-state index contributed by atoms with van der Waals surface area (Å²) in [5, 5.41) is 5.77. The summed E-state index contributed by atoms with van der Waals surface area (Å²) < 4.78 is 11.5. The molecule has 0 aliphatic heterocycles. The van der Waals surface area contributed by atoms with Gasteiger partial charge in [0, 0.05) is 22.2 Å². The number of nitrogens with zero attached hydrogens (tertiary/aromatic N) is 1. The highest BCUT2D eigenvalue weighted by Crippen LogP contribution is 2.33. The lowest BCUT2D eigenvalue weighted by Crippen LogP contribution is -2.34. The van der Waals surface area contributed by atoms with E-state index in [1.807, 2.05) is 84.0 Å². The minimum Gasteiger partial charge on any atom is -0.481 e. The maximum absolute atomic E-state index is 12.8. The quantitative estimate of drug-likeness (QED) is 0.273. The zero-order valence-corrected chi connectivity index (χ0v) is 23.9. The molecule has 0 saturated heterocycles. The van der Waals surface area contributed by atoms with E-state index in [4.69, 9.17) is 9.47 Å². The third kappa shape index (κ3) is 8.22. The number of benzene rings is 1. The van der Waals surface area contributed by atoms with Gasteiger partial charge in [0.1, 0.15) is 5.60 Å². The van der Waals surface area contributed by atoms with Crippen LogP contribution < -0.4 is 15.4 Å². The Kier molecular flexibility index (Phi) is 10.3. The number of hydrogen-bond acceptors (Lipinski definition) is 5. The fourth-order valence-electron chi connectivity index (χ4n) is 3.33. The molecule has 1 aromatic heterocycles. The molecule has 0 bridgehead atoms. The number of amides is 2. The molecule has 2 rings (SSSR count). The fraction of sp³-hybridized carbons (Fsp3) is 0.393. The maximum atomic E-state index is 12.8. The number of hydrogen-bond donors (Lipinski definition) is 2. The molecule has 1 unspecified atom stereocenters. The summed E-state index contributed by atoms with van der Waals surface area (Å²) in [5.74, 6) is 0.340. The van der Waals surface area contributed by atoms with Gasteiger partial charge in [0.25, 0.3) is 5.91 Å². The van der Waals surface area contributed by atoms with Gasteiger partial charge in [-0.05, 0) is 64.7 Å². The van der Waals surface area contributed by atoms with E-state index in [1.54, 1.807) is 14.0 Å². The number of alkyl carbamates (subject to hydrolysis) is 1. The Labute approximate surface area is 222 Å². The van der Waals surface area contributed by atoms with E-state index in [9.17, 15) is 9.59 Å². The Morgan fingerprint density at radius 2 is 1.83 bits per heavy atom. The van der Waals surface area contributed by atoms with Gasteiger partial charge >= 0.3 is 6.09 Å². The molecule has 2 amide bonds. The lowest BCUT2D eigenvalue weighted by Gasteiger charge is -2.21. The Morgan fingerprint density at radius 3 is 2.39 bits per heavy atom. The van der Waals surface area contributed by atoms with Gasteiger partial charge < -0.3 is 20.1 Å². The number of allylic oxidation sites excluding steroid dienone is 3. The lowest BCUT2D eigenvalue weighted by molar-refractivity contribution is -0.112. The zero-order chi connectivity index (χ0) is 27.0. The molecule has 2 N–H and O–H groups in total. The topological polar surface area (TPSA) is 89.6 Å². The average molecular weight is 559 g/mol. The molecule has 0 saturated carbocycles. The minimum atomic E-state index is -0.535. The van der Waals surface area contributed by atoms with Crippen LogP contribution in [0.4, 0.5) is 10.5 Å². The molecule has 2 aromatic rings. The van der Waals surface area contributed by atoms with Crippen molar-refractivity contribution < 1.29 is 19.1 Å². The highest BCUT2D eigenvalue weighted by molar-refractivity contribution is 9.11. The predicted molar refractivity (Wildman–Crippen MR) is 149 cm³/mol. The largest absolute Gasteiger partial charge is 0.481 e. The van der Waals surface area contributed by atoms with Crippen LogP contribution in [0.25, 0.3) is 11.1 Å². The van der Waals surface area contributed by atoms with E-state index in [0.717, 1.165) is 16.7 Å². The maximum Gasteiger partial charge on any atom is 0.407 e. The van der Waals surface area contributed by atoms with Gasteiger partial charge in [-0.25, -0.2) is 9.78 Å². The molecule has 1 atom stereocenters. The van der Waals surface area contributed by atoms with Crippen molar-refractivity contribution >= 4 is 33.6 Å². The average Bonchev–Trinajstić information content (AvgIpc) is 2.82. The number of carbonyl (C=O) groups excluding carboxylic acids is 2. The third-order valence-corrected chi connectivity index (χ3v) is 6.23. The van der Waals surface area contributed by atoms with Gasteiger partial charge in [0.15, 0.2) is 0 Å². The van der Waals surface area contributed by atoms with E-state index in [-0.39, 0.29) is 11.8 Å². The van der Waals surface area contributed by atoms with Crippen LogP contribution in [-0.2, 0) is 9.53 Å². The van der Waals surface area contributed by atoms with E-state index in [0.29, 0.717) is 33.9 Å². The standard InChI is InChI=1S/C28H36BrN3O4/c1-9-10-23(29)18(3)25(33)32-24-15-22(26(35-8)31-19(24)4)21-13-11-20(12-14-21)17(2)16-30-27(34)36-28(5,6)7/h9-15,17H,16H2,1-8H3,(H,30,34)(H,32,33)/b10-9-,23-18-. The van der Waals surface area contributed by atoms with Crippen molar-refractivity contribution in [2.75, 3.05) is 19.0 Å². The molecule has 1 heterocycles. The molecule has 8 heteroatoms. The Bertz CT molecular complexity index is 1150. The molecule has 36 heavy (non-hydrogen) atoms. The Balaban J connectivity index is 2.24. The summed E-state index contributed by atoms with van der Waals surface area (Å²) in [7, 11) is 1.57. The number of anilines is 1. The van der Waals surface area contributed by atoms with Gasteiger partial charge in [-0.3, -0.25) is 4.79 Å². The van der Waals surface area contributed by atoms with Gasteiger partial charge in [-0.1, -0.05) is 59.3 Å². The highest BCUT2D eigenvalue weighted by Gasteiger charge is 2.18. The van der Waals surface area contributed by atoms with Crippen LogP contribution in [0.5, 0.6) is 5.88 Å². The monoisotopic (exact) mass is 557 g/mol. The first-order valence-electron chi connectivity index (χ1n) is 11.8. The molecular formula is C28H36BrN3O4. The molecule has 0 fully saturated rings. The predicted octanol–water partition coefficient (Wildman–Crippen LogP) is 6.88. The first-order valence-corrected chi connectivity index (χ1v) is 12.6. The second kappa shape index (κ2) is 12.7. The summed E-state index contributed by atoms with van der Waals surface area (Å²) >= 11 is 3.43. The lowest BCUT2D eigenvalue weighted by atomic mass is 9.97. The summed E-state index contributed by atoms with van der Waals surface area (Å²) in [5.41, 5.74) is 4.01. The highest BCUT2D eigenvalue weighted by atomic mass is 79.9. The van der Waals surface area contributed by atoms with Crippen molar-refractivity contribution in [3.63, 3.8) is 0 Å². The van der Waals surface area contributed by atoms with Crippen LogP contribution in [0.15, 0.2) is 52.5 Å². The van der Waals surface area contributed by atoms with E-state index in [1.165, 1.54) is 0 Å². The number of carbonyl (C=O) groups is 2. The van der Waals surface area contributed by atoms with Crippen molar-refractivity contribution in [2.24, 2.45) is 0 Å². The molecule has 0 radical (unpaired) electrons. The van der Waals surface area contributed by atoms with Crippen LogP contribution in [0, 0.1) is 6.92 Å². The third-order valence-electron chi connectivity index (χ3n) is 5.37. The van der Waals surface area contributed by atoms with Crippen molar-refractivity contribution in [3.05, 3.63) is 63.8 Å². The first kappa shape index (κ1) is 29.1. The molecule has 1 aromatic carbocycles.